The molecule has 0 unspecified atom stereocenters. The van der Waals surface area contributed by atoms with Crippen LogP contribution in [0.1, 0.15) is 18.4 Å². The van der Waals surface area contributed by atoms with E-state index in [1.54, 1.807) is 0 Å². The van der Waals surface area contributed by atoms with Crippen LogP contribution in [0.25, 0.3) is 10.9 Å². The topological polar surface area (TPSA) is 74.7 Å². The van der Waals surface area contributed by atoms with Crippen molar-refractivity contribution in [3.8, 4) is 0 Å². The summed E-state index contributed by atoms with van der Waals surface area (Å²) in [7, 11) is 0. The van der Waals surface area contributed by atoms with Gasteiger partial charge in [0.15, 0.2) is 5.84 Å². The van der Waals surface area contributed by atoms with E-state index in [0.29, 0.717) is 0 Å². The average Bonchev–Trinajstić information content (AvgIpc) is 2.99. The number of para-hydroxylation sites is 1. The first-order valence-corrected chi connectivity index (χ1v) is 6.42. The van der Waals surface area contributed by atoms with Gasteiger partial charge in [0.05, 0.1) is 5.52 Å². The van der Waals surface area contributed by atoms with E-state index in [1.165, 1.54) is 12.8 Å². The van der Waals surface area contributed by atoms with Gasteiger partial charge in [0.1, 0.15) is 5.82 Å². The lowest BCUT2D eigenvalue weighted by Gasteiger charge is -2.18. The highest BCUT2D eigenvalue weighted by Crippen LogP contribution is 2.25. The molecule has 5 nitrogen and oxygen atoms in total. The van der Waals surface area contributed by atoms with Gasteiger partial charge in [-0.2, -0.15) is 0 Å². The maximum atomic E-state index is 8.93. The molecule has 1 saturated heterocycles. The van der Waals surface area contributed by atoms with Gasteiger partial charge in [-0.25, -0.2) is 4.98 Å². The average molecular weight is 256 g/mol. The molecule has 0 bridgehead atoms. The van der Waals surface area contributed by atoms with E-state index in [1.807, 2.05) is 30.3 Å². The third kappa shape index (κ3) is 2.07. The molecule has 5 heteroatoms. The molecule has 1 aromatic heterocycles. The minimum Gasteiger partial charge on any atom is -0.409 e. The lowest BCUT2D eigenvalue weighted by molar-refractivity contribution is 0.318. The van der Waals surface area contributed by atoms with Crippen molar-refractivity contribution in [3.63, 3.8) is 0 Å². The maximum Gasteiger partial charge on any atom is 0.170 e. The summed E-state index contributed by atoms with van der Waals surface area (Å²) >= 11 is 0. The number of amidine groups is 1. The molecule has 1 aliphatic heterocycles. The Bertz CT molecular complexity index is 632. The first-order valence-electron chi connectivity index (χ1n) is 6.42. The molecule has 98 valence electrons. The van der Waals surface area contributed by atoms with Crippen molar-refractivity contribution in [2.45, 2.75) is 12.8 Å². The van der Waals surface area contributed by atoms with Gasteiger partial charge in [-0.1, -0.05) is 23.4 Å². The summed E-state index contributed by atoms with van der Waals surface area (Å²) in [5, 5.41) is 13.0. The van der Waals surface area contributed by atoms with Gasteiger partial charge in [-0.05, 0) is 25.0 Å². The van der Waals surface area contributed by atoms with E-state index in [-0.39, 0.29) is 5.84 Å². The number of rotatable bonds is 2. The zero-order valence-corrected chi connectivity index (χ0v) is 10.6. The van der Waals surface area contributed by atoms with Gasteiger partial charge in [-0.15, -0.1) is 0 Å². The Kier molecular flexibility index (Phi) is 2.95. The minimum atomic E-state index is 0.124. The Hall–Kier alpha value is -2.30. The van der Waals surface area contributed by atoms with Crippen LogP contribution in [0.3, 0.4) is 0 Å². The molecule has 3 rings (SSSR count). The van der Waals surface area contributed by atoms with E-state index in [2.05, 4.69) is 15.0 Å². The minimum absolute atomic E-state index is 0.124. The van der Waals surface area contributed by atoms with Gasteiger partial charge < -0.3 is 15.8 Å². The van der Waals surface area contributed by atoms with E-state index >= 15 is 0 Å². The SMILES string of the molecule is NC(=NO)c1cc(N2CCCC2)nc2ccccc12. The van der Waals surface area contributed by atoms with Crippen LogP contribution in [0, 0.1) is 0 Å². The highest BCUT2D eigenvalue weighted by atomic mass is 16.4. The molecule has 19 heavy (non-hydrogen) atoms. The first kappa shape index (κ1) is 11.8. The number of hydrogen-bond acceptors (Lipinski definition) is 4. The van der Waals surface area contributed by atoms with Crippen LogP contribution in [0.5, 0.6) is 0 Å². The molecule has 2 aromatic rings. The molecular formula is C14H16N4O. The second-order valence-electron chi connectivity index (χ2n) is 4.72. The number of fused-ring (bicyclic) bond motifs is 1. The van der Waals surface area contributed by atoms with Crippen molar-refractivity contribution in [1.82, 2.24) is 4.98 Å². The zero-order chi connectivity index (χ0) is 13.2. The van der Waals surface area contributed by atoms with Gasteiger partial charge in [0.2, 0.25) is 0 Å². The van der Waals surface area contributed by atoms with E-state index < -0.39 is 0 Å². The molecule has 1 aromatic carbocycles. The molecule has 0 saturated carbocycles. The number of nitrogens with zero attached hydrogens (tertiary/aromatic N) is 3. The number of aromatic nitrogens is 1. The number of pyridine rings is 1. The van der Waals surface area contributed by atoms with Crippen LogP contribution in [-0.2, 0) is 0 Å². The number of oxime groups is 1. The second kappa shape index (κ2) is 4.76. The predicted molar refractivity (Wildman–Crippen MR) is 75.7 cm³/mol. The largest absolute Gasteiger partial charge is 0.409 e. The zero-order valence-electron chi connectivity index (χ0n) is 10.6. The number of nitrogens with two attached hydrogens (primary N) is 1. The molecule has 0 amide bonds. The predicted octanol–water partition coefficient (Wildman–Crippen LogP) is 1.93. The molecule has 1 fully saturated rings. The third-order valence-corrected chi connectivity index (χ3v) is 3.52. The maximum absolute atomic E-state index is 8.93. The Morgan fingerprint density at radius 1 is 1.26 bits per heavy atom. The molecule has 0 radical (unpaired) electrons. The molecule has 3 N–H and O–H groups in total. The lowest BCUT2D eigenvalue weighted by Crippen LogP contribution is -2.21. The summed E-state index contributed by atoms with van der Waals surface area (Å²) in [5.74, 6) is 1.02. The van der Waals surface area contributed by atoms with Crippen molar-refractivity contribution in [2.24, 2.45) is 10.9 Å². The van der Waals surface area contributed by atoms with Crippen molar-refractivity contribution < 1.29 is 5.21 Å². The molecule has 0 aliphatic carbocycles. The number of anilines is 1. The lowest BCUT2D eigenvalue weighted by atomic mass is 10.1. The smallest absolute Gasteiger partial charge is 0.170 e. The highest BCUT2D eigenvalue weighted by Gasteiger charge is 2.16. The number of hydrogen-bond donors (Lipinski definition) is 2. The standard InChI is InChI=1S/C14H16N4O/c15-14(17-19)11-9-13(18-7-3-4-8-18)16-12-6-2-1-5-10(11)12/h1-2,5-6,9,19H,3-4,7-8H2,(H2,15,17). The quantitative estimate of drug-likeness (QED) is 0.372. The summed E-state index contributed by atoms with van der Waals surface area (Å²) in [6.45, 7) is 2.03. The molecule has 2 heterocycles. The summed E-state index contributed by atoms with van der Waals surface area (Å²) in [6, 6.07) is 9.65. The molecule has 0 spiro atoms. The van der Waals surface area contributed by atoms with E-state index in [0.717, 1.165) is 35.4 Å². The summed E-state index contributed by atoms with van der Waals surface area (Å²) in [4.78, 5) is 6.91. The van der Waals surface area contributed by atoms with Crippen LogP contribution in [-0.4, -0.2) is 29.1 Å². The molecule has 1 aliphatic rings. The number of benzene rings is 1. The summed E-state index contributed by atoms with van der Waals surface area (Å²) < 4.78 is 0. The van der Waals surface area contributed by atoms with Crippen molar-refractivity contribution >= 4 is 22.6 Å². The second-order valence-corrected chi connectivity index (χ2v) is 4.72. The van der Waals surface area contributed by atoms with Crippen LogP contribution < -0.4 is 10.6 Å². The molecular weight excluding hydrogens is 240 g/mol. The highest BCUT2D eigenvalue weighted by molar-refractivity contribution is 6.08. The van der Waals surface area contributed by atoms with Crippen LogP contribution in [0.4, 0.5) is 5.82 Å². The van der Waals surface area contributed by atoms with E-state index in [9.17, 15) is 0 Å². The Morgan fingerprint density at radius 2 is 2.00 bits per heavy atom. The van der Waals surface area contributed by atoms with Gasteiger partial charge in [-0.3, -0.25) is 0 Å². The fourth-order valence-electron chi connectivity index (χ4n) is 2.54. The monoisotopic (exact) mass is 256 g/mol. The first-order chi connectivity index (χ1) is 9.29. The van der Waals surface area contributed by atoms with Crippen LogP contribution in [0.15, 0.2) is 35.5 Å². The normalized spacial score (nSPS) is 16.2. The fourth-order valence-corrected chi connectivity index (χ4v) is 2.54. The van der Waals surface area contributed by atoms with Crippen LogP contribution >= 0.6 is 0 Å². The Balaban J connectivity index is 2.20. The summed E-state index contributed by atoms with van der Waals surface area (Å²) in [6.07, 6.45) is 2.38. The molecule has 0 atom stereocenters. The Morgan fingerprint density at radius 3 is 2.74 bits per heavy atom. The van der Waals surface area contributed by atoms with Gasteiger partial charge in [0, 0.05) is 24.0 Å². The van der Waals surface area contributed by atoms with Gasteiger partial charge in [0.25, 0.3) is 0 Å². The van der Waals surface area contributed by atoms with Crippen molar-refractivity contribution in [1.29, 1.82) is 0 Å². The van der Waals surface area contributed by atoms with Gasteiger partial charge >= 0.3 is 0 Å². The summed E-state index contributed by atoms with van der Waals surface area (Å²) in [5.41, 5.74) is 7.38. The van der Waals surface area contributed by atoms with Crippen LogP contribution in [0.2, 0.25) is 0 Å². The van der Waals surface area contributed by atoms with Crippen molar-refractivity contribution in [3.05, 3.63) is 35.9 Å². The third-order valence-electron chi connectivity index (χ3n) is 3.52. The van der Waals surface area contributed by atoms with E-state index in [4.69, 9.17) is 10.9 Å². The van der Waals surface area contributed by atoms with Crippen molar-refractivity contribution in [2.75, 3.05) is 18.0 Å². The fraction of sp³-hybridized carbons (Fsp3) is 0.286. The Labute approximate surface area is 111 Å².